The number of anilines is 1. The average Bonchev–Trinajstić information content (AvgIpc) is 3.58. The first-order chi connectivity index (χ1) is 27.2. The summed E-state index contributed by atoms with van der Waals surface area (Å²) < 4.78 is 31.1. The highest BCUT2D eigenvalue weighted by molar-refractivity contribution is 7.98. The Hall–Kier alpha value is -5.85. The second kappa shape index (κ2) is 18.9. The van der Waals surface area contributed by atoms with Crippen LogP contribution in [0.3, 0.4) is 0 Å². The molecular formula is C39H45N9O7S2. The monoisotopic (exact) mass is 815 g/mol. The van der Waals surface area contributed by atoms with E-state index >= 15 is 0 Å². The van der Waals surface area contributed by atoms with E-state index in [1.54, 1.807) is 55.6 Å². The Kier molecular flexibility index (Phi) is 14.0. The highest BCUT2D eigenvalue weighted by Crippen LogP contribution is 2.22. The number of amides is 3. The third-order valence-electron chi connectivity index (χ3n) is 9.16. The van der Waals surface area contributed by atoms with Gasteiger partial charge >= 0.3 is 0 Å². The van der Waals surface area contributed by atoms with Crippen molar-refractivity contribution in [3.63, 3.8) is 0 Å². The molecule has 1 atom stereocenters. The second-order valence-electron chi connectivity index (χ2n) is 13.4. The topological polar surface area (TPSA) is 204 Å². The molecule has 0 saturated heterocycles. The zero-order valence-corrected chi connectivity index (χ0v) is 33.9. The molecule has 0 aliphatic rings. The van der Waals surface area contributed by atoms with Crippen LogP contribution in [0.4, 0.5) is 17.1 Å². The Bertz CT molecular complexity index is 2470. The van der Waals surface area contributed by atoms with Crippen LogP contribution in [0.5, 0.6) is 0 Å². The summed E-state index contributed by atoms with van der Waals surface area (Å²) in [7, 11) is -0.240. The van der Waals surface area contributed by atoms with Crippen molar-refractivity contribution >= 4 is 56.6 Å². The molecule has 300 valence electrons. The van der Waals surface area contributed by atoms with E-state index in [1.165, 1.54) is 36.0 Å². The first-order valence-corrected chi connectivity index (χ1v) is 20.6. The molecule has 3 amide bonds. The Labute approximate surface area is 334 Å². The number of aromatic nitrogens is 2. The molecule has 0 saturated carbocycles. The minimum atomic E-state index is -4.10. The molecule has 5 rings (SSSR count). The van der Waals surface area contributed by atoms with Crippen LogP contribution in [0, 0.1) is 20.8 Å². The molecule has 3 aromatic carbocycles. The first-order valence-electron chi connectivity index (χ1n) is 18.0. The molecule has 2 aromatic heterocycles. The van der Waals surface area contributed by atoms with E-state index in [0.717, 1.165) is 21.5 Å². The summed E-state index contributed by atoms with van der Waals surface area (Å²) >= 11 is 1.48. The minimum absolute atomic E-state index is 0.0885. The van der Waals surface area contributed by atoms with Gasteiger partial charge in [-0.15, -0.1) is 0 Å². The summed E-state index contributed by atoms with van der Waals surface area (Å²) in [5.41, 5.74) is 4.57. The van der Waals surface area contributed by atoms with Crippen LogP contribution in [0.2, 0.25) is 0 Å². The third kappa shape index (κ3) is 10.7. The molecule has 4 N–H and O–H groups in total. The van der Waals surface area contributed by atoms with Gasteiger partial charge in [-0.1, -0.05) is 30.3 Å². The van der Waals surface area contributed by atoms with Gasteiger partial charge in [-0.3, -0.25) is 28.5 Å². The number of rotatable bonds is 18. The van der Waals surface area contributed by atoms with Crippen molar-refractivity contribution in [1.29, 1.82) is 0 Å². The maximum absolute atomic E-state index is 13.2. The molecule has 0 fully saturated rings. The van der Waals surface area contributed by atoms with E-state index in [1.807, 2.05) is 43.3 Å². The van der Waals surface area contributed by atoms with Crippen molar-refractivity contribution in [2.75, 3.05) is 44.4 Å². The fourth-order valence-electron chi connectivity index (χ4n) is 5.79. The van der Waals surface area contributed by atoms with Crippen LogP contribution in [0.15, 0.2) is 104 Å². The predicted octanol–water partition coefficient (Wildman–Crippen LogP) is 2.78. The van der Waals surface area contributed by atoms with Gasteiger partial charge < -0.3 is 20.9 Å². The SMILES string of the molecule is Cc1c(C)n2c(CSCCNC(=O)CNC(=O)[C@H](Cc3ccccc3)NC(=O)CNS(=O)(=O)c3ccc(N=Nc4ccc(N(C)C)cc4)cc3)c(C)c(=O)n2c1=O. The Morgan fingerprint density at radius 1 is 0.772 bits per heavy atom. The van der Waals surface area contributed by atoms with Crippen LogP contribution >= 0.6 is 11.8 Å². The Morgan fingerprint density at radius 3 is 2.02 bits per heavy atom. The van der Waals surface area contributed by atoms with E-state index in [9.17, 15) is 32.4 Å². The average molecular weight is 816 g/mol. The summed E-state index contributed by atoms with van der Waals surface area (Å²) in [4.78, 5) is 65.8. The number of carbonyl (C=O) groups is 3. The maximum atomic E-state index is 13.2. The van der Waals surface area contributed by atoms with Gasteiger partial charge in [0.25, 0.3) is 11.1 Å². The fourth-order valence-corrected chi connectivity index (χ4v) is 7.69. The van der Waals surface area contributed by atoms with Gasteiger partial charge in [0.05, 0.1) is 35.1 Å². The molecular weight excluding hydrogens is 771 g/mol. The minimum Gasteiger partial charge on any atom is -0.378 e. The molecule has 0 unspecified atom stereocenters. The number of hydrogen-bond acceptors (Lipinski definition) is 11. The van der Waals surface area contributed by atoms with Crippen LogP contribution in [0.25, 0.3) is 0 Å². The van der Waals surface area contributed by atoms with Crippen LogP contribution in [-0.2, 0) is 36.6 Å². The first kappa shape index (κ1) is 42.3. The molecule has 16 nitrogen and oxygen atoms in total. The summed E-state index contributed by atoms with van der Waals surface area (Å²) in [6, 6.07) is 20.9. The van der Waals surface area contributed by atoms with Crippen molar-refractivity contribution in [3.8, 4) is 0 Å². The molecule has 0 bridgehead atoms. The molecule has 5 aromatic rings. The van der Waals surface area contributed by atoms with Crippen molar-refractivity contribution in [2.45, 2.75) is 43.9 Å². The quantitative estimate of drug-likeness (QED) is 0.0758. The van der Waals surface area contributed by atoms with Gasteiger partial charge in [-0.2, -0.15) is 26.5 Å². The molecule has 0 aliphatic carbocycles. The number of nitrogens with zero attached hydrogens (tertiary/aromatic N) is 5. The van der Waals surface area contributed by atoms with E-state index < -0.39 is 40.3 Å². The Balaban J connectivity index is 1.09. The number of azo groups is 1. The van der Waals surface area contributed by atoms with Gasteiger partial charge in [0.2, 0.25) is 27.7 Å². The number of fused-ring (bicyclic) bond motifs is 1. The van der Waals surface area contributed by atoms with Gasteiger partial charge in [0.1, 0.15) is 6.04 Å². The smallest absolute Gasteiger partial charge is 0.277 e. The fraction of sp³-hybridized carbons (Fsp3) is 0.308. The van der Waals surface area contributed by atoms with Crippen molar-refractivity contribution in [2.24, 2.45) is 10.2 Å². The van der Waals surface area contributed by atoms with Crippen molar-refractivity contribution in [1.82, 2.24) is 29.7 Å². The molecule has 0 spiro atoms. The number of hydrogen-bond donors (Lipinski definition) is 4. The number of thioether (sulfide) groups is 1. The van der Waals surface area contributed by atoms with Crippen molar-refractivity contribution in [3.05, 3.63) is 128 Å². The van der Waals surface area contributed by atoms with Gasteiger partial charge in [0.15, 0.2) is 0 Å². The Morgan fingerprint density at radius 2 is 1.39 bits per heavy atom. The van der Waals surface area contributed by atoms with E-state index in [4.69, 9.17) is 0 Å². The zero-order valence-electron chi connectivity index (χ0n) is 32.2. The number of aryl methyl sites for hydroxylation is 1. The summed E-state index contributed by atoms with van der Waals surface area (Å²) in [5.74, 6) is -0.890. The largest absolute Gasteiger partial charge is 0.378 e. The lowest BCUT2D eigenvalue weighted by atomic mass is 10.1. The van der Waals surface area contributed by atoms with Crippen LogP contribution < -0.4 is 36.7 Å². The number of nitrogens with one attached hydrogen (secondary N) is 4. The molecule has 18 heteroatoms. The highest BCUT2D eigenvalue weighted by atomic mass is 32.2. The van der Waals surface area contributed by atoms with Crippen molar-refractivity contribution < 1.29 is 22.8 Å². The molecule has 0 radical (unpaired) electrons. The maximum Gasteiger partial charge on any atom is 0.277 e. The lowest BCUT2D eigenvalue weighted by Gasteiger charge is -2.19. The third-order valence-corrected chi connectivity index (χ3v) is 11.5. The lowest BCUT2D eigenvalue weighted by molar-refractivity contribution is -0.130. The molecule has 57 heavy (non-hydrogen) atoms. The number of benzene rings is 3. The van der Waals surface area contributed by atoms with Crippen LogP contribution in [-0.4, -0.2) is 80.7 Å². The predicted molar refractivity (Wildman–Crippen MR) is 220 cm³/mol. The standard InChI is InChI=1S/C39H45N9O7S2/c1-25-27(3)47-34(26(2)39(53)48(47)38(25)52)24-56-20-19-40-35(49)22-41-37(51)33(21-28-9-7-6-8-10-28)43-36(50)23-42-57(54,55)32-17-13-30(14-18-32)45-44-29-11-15-31(16-12-29)46(4)5/h6-18,33,42H,19-24H2,1-5H3,(H,40,49)(H,41,51)(H,43,50)/t33-/m0/s1. The summed E-state index contributed by atoms with van der Waals surface area (Å²) in [6.45, 7) is 4.44. The number of sulfonamides is 1. The lowest BCUT2D eigenvalue weighted by Crippen LogP contribution is -2.52. The highest BCUT2D eigenvalue weighted by Gasteiger charge is 2.24. The molecule has 2 heterocycles. The van der Waals surface area contributed by atoms with E-state index in [0.29, 0.717) is 39.7 Å². The normalized spacial score (nSPS) is 12.2. The summed E-state index contributed by atoms with van der Waals surface area (Å²) in [5, 5.41) is 16.2. The summed E-state index contributed by atoms with van der Waals surface area (Å²) in [6.07, 6.45) is 0.0885. The zero-order chi connectivity index (χ0) is 41.3. The number of carbonyl (C=O) groups excluding carboxylic acids is 3. The van der Waals surface area contributed by atoms with Gasteiger partial charge in [-0.05, 0) is 74.9 Å². The van der Waals surface area contributed by atoms with Gasteiger partial charge in [0, 0.05) is 61.1 Å². The second-order valence-corrected chi connectivity index (χ2v) is 16.2. The van der Waals surface area contributed by atoms with E-state index in [2.05, 4.69) is 30.9 Å². The van der Waals surface area contributed by atoms with Crippen LogP contribution in [0.1, 0.15) is 28.1 Å². The van der Waals surface area contributed by atoms with Gasteiger partial charge in [-0.25, -0.2) is 13.1 Å². The van der Waals surface area contributed by atoms with E-state index in [-0.39, 0.29) is 35.5 Å². The molecule has 0 aliphatic heterocycles.